The van der Waals surface area contributed by atoms with Crippen LogP contribution in [0.3, 0.4) is 0 Å². The molecule has 1 aromatic rings. The number of carbonyl (C=O) groups is 1. The second-order valence-corrected chi connectivity index (χ2v) is 4.66. The number of benzene rings is 1. The number of hydrogen-bond acceptors (Lipinski definition) is 4. The lowest BCUT2D eigenvalue weighted by atomic mass is 10.3. The van der Waals surface area contributed by atoms with Crippen molar-refractivity contribution in [3.8, 4) is 5.75 Å². The Labute approximate surface area is 99.5 Å². The van der Waals surface area contributed by atoms with Gasteiger partial charge in [0.2, 0.25) is 5.91 Å². The number of methoxy groups -OCH3 is 1. The SMILES string of the molecule is CNC(=O)C(C)Sc1cc(OC)ccc1N. The molecule has 0 heterocycles. The van der Waals surface area contributed by atoms with Crippen molar-refractivity contribution in [1.29, 1.82) is 0 Å². The highest BCUT2D eigenvalue weighted by Gasteiger charge is 2.14. The molecule has 1 atom stereocenters. The number of nitrogens with one attached hydrogen (secondary N) is 1. The third-order valence-corrected chi connectivity index (χ3v) is 3.32. The first-order chi connectivity index (χ1) is 7.58. The van der Waals surface area contributed by atoms with Gasteiger partial charge in [-0.15, -0.1) is 11.8 Å². The summed E-state index contributed by atoms with van der Waals surface area (Å²) in [5.74, 6) is 0.716. The molecule has 1 rings (SSSR count). The number of ether oxygens (including phenoxy) is 1. The Balaban J connectivity index is 2.83. The molecule has 0 spiro atoms. The second-order valence-electron chi connectivity index (χ2n) is 3.28. The fourth-order valence-corrected chi connectivity index (χ4v) is 2.19. The largest absolute Gasteiger partial charge is 0.497 e. The molecule has 1 aromatic carbocycles. The van der Waals surface area contributed by atoms with E-state index in [-0.39, 0.29) is 11.2 Å². The van der Waals surface area contributed by atoms with E-state index in [1.165, 1.54) is 11.8 Å². The number of nitrogen functional groups attached to an aromatic ring is 1. The Hall–Kier alpha value is -1.36. The minimum Gasteiger partial charge on any atom is -0.497 e. The monoisotopic (exact) mass is 240 g/mol. The molecule has 1 amide bonds. The minimum absolute atomic E-state index is 0.0211. The lowest BCUT2D eigenvalue weighted by Crippen LogP contribution is -2.27. The van der Waals surface area contributed by atoms with Crippen molar-refractivity contribution in [3.63, 3.8) is 0 Å². The van der Waals surface area contributed by atoms with Gasteiger partial charge in [-0.1, -0.05) is 0 Å². The number of rotatable bonds is 4. The fraction of sp³-hybridized carbons (Fsp3) is 0.364. The molecule has 5 heteroatoms. The normalized spacial score (nSPS) is 11.9. The molecule has 0 saturated carbocycles. The van der Waals surface area contributed by atoms with E-state index >= 15 is 0 Å². The Morgan fingerprint density at radius 1 is 1.56 bits per heavy atom. The van der Waals surface area contributed by atoms with Crippen molar-refractivity contribution in [3.05, 3.63) is 18.2 Å². The molecule has 3 N–H and O–H groups in total. The van der Waals surface area contributed by atoms with Gasteiger partial charge in [-0.2, -0.15) is 0 Å². The molecule has 4 nitrogen and oxygen atoms in total. The van der Waals surface area contributed by atoms with Gasteiger partial charge in [-0.05, 0) is 25.1 Å². The topological polar surface area (TPSA) is 64.3 Å². The Kier molecular flexibility index (Phi) is 4.49. The van der Waals surface area contributed by atoms with E-state index in [1.807, 2.05) is 13.0 Å². The highest BCUT2D eigenvalue weighted by Crippen LogP contribution is 2.31. The van der Waals surface area contributed by atoms with Crippen LogP contribution in [0.1, 0.15) is 6.92 Å². The maximum atomic E-state index is 11.4. The maximum absolute atomic E-state index is 11.4. The zero-order chi connectivity index (χ0) is 12.1. The van der Waals surface area contributed by atoms with Gasteiger partial charge in [-0.3, -0.25) is 4.79 Å². The average molecular weight is 240 g/mol. The third-order valence-electron chi connectivity index (χ3n) is 2.14. The first-order valence-corrected chi connectivity index (χ1v) is 5.78. The van der Waals surface area contributed by atoms with E-state index in [1.54, 1.807) is 26.3 Å². The van der Waals surface area contributed by atoms with E-state index in [9.17, 15) is 4.79 Å². The van der Waals surface area contributed by atoms with Gasteiger partial charge in [0.25, 0.3) is 0 Å². The van der Waals surface area contributed by atoms with Crippen LogP contribution in [0.4, 0.5) is 5.69 Å². The molecule has 0 aromatic heterocycles. The summed E-state index contributed by atoms with van der Waals surface area (Å²) >= 11 is 1.42. The summed E-state index contributed by atoms with van der Waals surface area (Å²) in [4.78, 5) is 12.2. The van der Waals surface area contributed by atoms with E-state index in [2.05, 4.69) is 5.32 Å². The van der Waals surface area contributed by atoms with Crippen molar-refractivity contribution in [2.24, 2.45) is 0 Å². The zero-order valence-electron chi connectivity index (χ0n) is 9.61. The summed E-state index contributed by atoms with van der Waals surface area (Å²) in [5.41, 5.74) is 6.48. The van der Waals surface area contributed by atoms with Crippen LogP contribution in [0, 0.1) is 0 Å². The summed E-state index contributed by atoms with van der Waals surface area (Å²) in [5, 5.41) is 2.42. The van der Waals surface area contributed by atoms with Crippen LogP contribution in [-0.2, 0) is 4.79 Å². The smallest absolute Gasteiger partial charge is 0.232 e. The van der Waals surface area contributed by atoms with Crippen molar-refractivity contribution in [2.45, 2.75) is 17.1 Å². The zero-order valence-corrected chi connectivity index (χ0v) is 10.4. The van der Waals surface area contributed by atoms with Crippen molar-refractivity contribution < 1.29 is 9.53 Å². The molecule has 88 valence electrons. The summed E-state index contributed by atoms with van der Waals surface area (Å²) in [7, 11) is 3.22. The van der Waals surface area contributed by atoms with Crippen LogP contribution in [0.15, 0.2) is 23.1 Å². The van der Waals surface area contributed by atoms with Gasteiger partial charge >= 0.3 is 0 Å². The van der Waals surface area contributed by atoms with Gasteiger partial charge in [0, 0.05) is 17.6 Å². The summed E-state index contributed by atoms with van der Waals surface area (Å²) < 4.78 is 5.11. The highest BCUT2D eigenvalue weighted by molar-refractivity contribution is 8.00. The molecule has 0 bridgehead atoms. The van der Waals surface area contributed by atoms with Crippen LogP contribution in [0.2, 0.25) is 0 Å². The summed E-state index contributed by atoms with van der Waals surface area (Å²) in [6.07, 6.45) is 0. The Morgan fingerprint density at radius 2 is 2.25 bits per heavy atom. The van der Waals surface area contributed by atoms with Crippen molar-refractivity contribution >= 4 is 23.4 Å². The molecule has 0 aliphatic rings. The maximum Gasteiger partial charge on any atom is 0.232 e. The molecule has 0 fully saturated rings. The predicted octanol–water partition coefficient (Wildman–Crippen LogP) is 1.50. The minimum atomic E-state index is -0.181. The van der Waals surface area contributed by atoms with Crippen LogP contribution >= 0.6 is 11.8 Å². The van der Waals surface area contributed by atoms with Crippen LogP contribution < -0.4 is 15.8 Å². The number of amides is 1. The average Bonchev–Trinajstić information content (AvgIpc) is 2.30. The molecule has 0 aliphatic heterocycles. The first kappa shape index (κ1) is 12.7. The van der Waals surface area contributed by atoms with Crippen LogP contribution in [-0.4, -0.2) is 25.3 Å². The molecule has 0 radical (unpaired) electrons. The molecule has 1 unspecified atom stereocenters. The summed E-state index contributed by atoms with van der Waals surface area (Å²) in [6, 6.07) is 5.40. The second kappa shape index (κ2) is 5.65. The Morgan fingerprint density at radius 3 is 2.81 bits per heavy atom. The molecule has 0 aliphatic carbocycles. The number of hydrogen-bond donors (Lipinski definition) is 2. The molecular weight excluding hydrogens is 224 g/mol. The number of thioether (sulfide) groups is 1. The predicted molar refractivity (Wildman–Crippen MR) is 66.8 cm³/mol. The first-order valence-electron chi connectivity index (χ1n) is 4.90. The van der Waals surface area contributed by atoms with Gasteiger partial charge < -0.3 is 15.8 Å². The number of nitrogens with two attached hydrogens (primary N) is 1. The van der Waals surface area contributed by atoms with Crippen LogP contribution in [0.25, 0.3) is 0 Å². The Bertz CT molecular complexity index is 382. The van der Waals surface area contributed by atoms with Gasteiger partial charge in [0.15, 0.2) is 0 Å². The van der Waals surface area contributed by atoms with Crippen molar-refractivity contribution in [2.75, 3.05) is 19.9 Å². The van der Waals surface area contributed by atoms with E-state index in [0.717, 1.165) is 10.6 Å². The van der Waals surface area contributed by atoms with Crippen LogP contribution in [0.5, 0.6) is 5.75 Å². The van der Waals surface area contributed by atoms with Gasteiger partial charge in [0.05, 0.1) is 12.4 Å². The number of carbonyl (C=O) groups excluding carboxylic acids is 1. The number of anilines is 1. The molecular formula is C11H16N2O2S. The fourth-order valence-electron chi connectivity index (χ4n) is 1.19. The van der Waals surface area contributed by atoms with E-state index in [4.69, 9.17) is 10.5 Å². The van der Waals surface area contributed by atoms with E-state index < -0.39 is 0 Å². The summed E-state index contributed by atoms with van der Waals surface area (Å²) in [6.45, 7) is 1.84. The molecule has 16 heavy (non-hydrogen) atoms. The standard InChI is InChI=1S/C11H16N2O2S/c1-7(11(14)13-2)16-10-6-8(15-3)4-5-9(10)12/h4-7H,12H2,1-3H3,(H,13,14). The van der Waals surface area contributed by atoms with Gasteiger partial charge in [0.1, 0.15) is 5.75 Å². The van der Waals surface area contributed by atoms with E-state index in [0.29, 0.717) is 5.69 Å². The lowest BCUT2D eigenvalue weighted by Gasteiger charge is -2.12. The third kappa shape index (κ3) is 3.06. The van der Waals surface area contributed by atoms with Gasteiger partial charge in [-0.25, -0.2) is 0 Å². The van der Waals surface area contributed by atoms with Crippen molar-refractivity contribution in [1.82, 2.24) is 5.32 Å². The quantitative estimate of drug-likeness (QED) is 0.618. The molecule has 0 saturated heterocycles. The highest BCUT2D eigenvalue weighted by atomic mass is 32.2. The lowest BCUT2D eigenvalue weighted by molar-refractivity contribution is -0.119.